The maximum absolute atomic E-state index is 13.0. The third kappa shape index (κ3) is 3.64. The average Bonchev–Trinajstić information content (AvgIpc) is 3.44. The van der Waals surface area contributed by atoms with Gasteiger partial charge in [-0.2, -0.15) is 13.2 Å². The molecule has 1 heterocycles. The van der Waals surface area contributed by atoms with Crippen molar-refractivity contribution in [2.24, 2.45) is 5.92 Å². The lowest BCUT2D eigenvalue weighted by Crippen LogP contribution is -2.30. The average molecular weight is 381 g/mol. The van der Waals surface area contributed by atoms with Crippen molar-refractivity contribution in [1.29, 1.82) is 0 Å². The quantitative estimate of drug-likeness (QED) is 0.784. The molecule has 4 rings (SSSR count). The number of benzene rings is 2. The van der Waals surface area contributed by atoms with Gasteiger partial charge in [0.2, 0.25) is 0 Å². The number of rotatable bonds is 3. The second-order valence-corrected chi connectivity index (χ2v) is 8.12. The Balaban J connectivity index is 1.64. The third-order valence-electron chi connectivity index (χ3n) is 4.67. The molecule has 2 aromatic carbocycles. The highest BCUT2D eigenvalue weighted by Gasteiger charge is 2.31. The van der Waals surface area contributed by atoms with E-state index in [1.165, 1.54) is 25.0 Å². The van der Waals surface area contributed by atoms with Gasteiger partial charge in [0.15, 0.2) is 0 Å². The van der Waals surface area contributed by atoms with Gasteiger partial charge in [-0.25, -0.2) is 8.51 Å². The van der Waals surface area contributed by atoms with Crippen molar-refractivity contribution < 1.29 is 22.1 Å². The fourth-order valence-electron chi connectivity index (χ4n) is 3.02. The Morgan fingerprint density at radius 3 is 2.42 bits per heavy atom. The lowest BCUT2D eigenvalue weighted by Gasteiger charge is -2.17. The highest BCUT2D eigenvalue weighted by Crippen LogP contribution is 2.36. The standard InChI is InChI=1S/C19H18F3NO2S/c20-19(21,22)16-6-3-14(4-7-16)15-5-8-17-18(11-15)26(24)23(9-10-25-17)12-13-1-2-13/h3-8,11,13H,1-2,9-10,12H2. The molecule has 1 saturated carbocycles. The number of alkyl halides is 3. The number of nitrogens with zero attached hydrogens (tertiary/aromatic N) is 1. The van der Waals surface area contributed by atoms with Gasteiger partial charge in [-0.3, -0.25) is 0 Å². The van der Waals surface area contributed by atoms with E-state index in [2.05, 4.69) is 0 Å². The van der Waals surface area contributed by atoms with Gasteiger partial charge in [-0.1, -0.05) is 18.2 Å². The molecule has 1 fully saturated rings. The lowest BCUT2D eigenvalue weighted by atomic mass is 10.0. The van der Waals surface area contributed by atoms with E-state index in [0.717, 1.165) is 24.2 Å². The minimum Gasteiger partial charge on any atom is -0.491 e. The predicted octanol–water partition coefficient (Wildman–Crippen LogP) is 4.50. The van der Waals surface area contributed by atoms with Gasteiger partial charge in [0.1, 0.15) is 23.3 Å². The summed E-state index contributed by atoms with van der Waals surface area (Å²) < 4.78 is 58.8. The van der Waals surface area contributed by atoms with Gasteiger partial charge in [0.25, 0.3) is 0 Å². The molecule has 0 saturated heterocycles. The molecule has 0 bridgehead atoms. The number of halogens is 3. The Morgan fingerprint density at radius 1 is 1.08 bits per heavy atom. The van der Waals surface area contributed by atoms with Crippen LogP contribution in [0.15, 0.2) is 47.4 Å². The minimum atomic E-state index is -4.36. The van der Waals surface area contributed by atoms with Crippen molar-refractivity contribution in [1.82, 2.24) is 4.31 Å². The first-order valence-corrected chi connectivity index (χ1v) is 9.64. The summed E-state index contributed by atoms with van der Waals surface area (Å²) in [5, 5.41) is 0. The van der Waals surface area contributed by atoms with E-state index in [1.54, 1.807) is 18.2 Å². The number of hydrogen-bond donors (Lipinski definition) is 0. The Hall–Kier alpha value is -1.86. The molecule has 0 radical (unpaired) electrons. The highest BCUT2D eigenvalue weighted by molar-refractivity contribution is 7.82. The molecule has 1 aliphatic heterocycles. The topological polar surface area (TPSA) is 29.5 Å². The fourth-order valence-corrected chi connectivity index (χ4v) is 4.41. The van der Waals surface area contributed by atoms with Crippen LogP contribution in [0.1, 0.15) is 18.4 Å². The summed E-state index contributed by atoms with van der Waals surface area (Å²) in [7, 11) is -1.33. The Morgan fingerprint density at radius 2 is 1.77 bits per heavy atom. The molecule has 7 heteroatoms. The van der Waals surface area contributed by atoms with Crippen LogP contribution in [0.3, 0.4) is 0 Å². The number of hydrogen-bond acceptors (Lipinski definition) is 2. The van der Waals surface area contributed by atoms with Crippen LogP contribution >= 0.6 is 0 Å². The molecular weight excluding hydrogens is 363 g/mol. The second kappa shape index (κ2) is 6.70. The highest BCUT2D eigenvalue weighted by atomic mass is 32.2. The van der Waals surface area contributed by atoms with Gasteiger partial charge in [-0.15, -0.1) is 0 Å². The molecule has 1 unspecified atom stereocenters. The van der Waals surface area contributed by atoms with Crippen LogP contribution in [-0.2, 0) is 17.2 Å². The lowest BCUT2D eigenvalue weighted by molar-refractivity contribution is -0.137. The molecule has 26 heavy (non-hydrogen) atoms. The first kappa shape index (κ1) is 17.5. The fraction of sp³-hybridized carbons (Fsp3) is 0.368. The zero-order valence-electron chi connectivity index (χ0n) is 14.0. The van der Waals surface area contributed by atoms with Gasteiger partial charge in [-0.05, 0) is 54.2 Å². The molecular formula is C19H18F3NO2S. The molecule has 0 aromatic heterocycles. The molecule has 1 atom stereocenters. The van der Waals surface area contributed by atoms with E-state index in [-0.39, 0.29) is 0 Å². The normalized spacial score (nSPS) is 21.0. The first-order chi connectivity index (χ1) is 12.4. The largest absolute Gasteiger partial charge is 0.491 e. The van der Waals surface area contributed by atoms with E-state index in [9.17, 15) is 17.4 Å². The van der Waals surface area contributed by atoms with Crippen LogP contribution < -0.4 is 4.74 Å². The van der Waals surface area contributed by atoms with Crippen LogP contribution in [-0.4, -0.2) is 28.2 Å². The van der Waals surface area contributed by atoms with Crippen molar-refractivity contribution in [2.75, 3.05) is 19.7 Å². The van der Waals surface area contributed by atoms with Gasteiger partial charge < -0.3 is 4.74 Å². The molecule has 0 amide bonds. The third-order valence-corrected chi connectivity index (χ3v) is 6.16. The van der Waals surface area contributed by atoms with Crippen molar-refractivity contribution in [3.8, 4) is 16.9 Å². The van der Waals surface area contributed by atoms with Gasteiger partial charge in [0.05, 0.1) is 10.5 Å². The first-order valence-electron chi connectivity index (χ1n) is 8.53. The minimum absolute atomic E-state index is 0.477. The number of fused-ring (bicyclic) bond motifs is 1. The van der Waals surface area contributed by atoms with E-state index < -0.39 is 22.7 Å². The molecule has 2 aromatic rings. The van der Waals surface area contributed by atoms with Crippen molar-refractivity contribution in [2.45, 2.75) is 23.9 Å². The Bertz CT molecular complexity index is 832. The summed E-state index contributed by atoms with van der Waals surface area (Å²) in [5.41, 5.74) is 0.692. The van der Waals surface area contributed by atoms with Crippen molar-refractivity contribution in [3.05, 3.63) is 48.0 Å². The second-order valence-electron chi connectivity index (χ2n) is 6.67. The van der Waals surface area contributed by atoms with Crippen LogP contribution in [0.2, 0.25) is 0 Å². The van der Waals surface area contributed by atoms with Crippen LogP contribution in [0, 0.1) is 5.92 Å². The van der Waals surface area contributed by atoms with Crippen molar-refractivity contribution >= 4 is 11.0 Å². The zero-order chi connectivity index (χ0) is 18.3. The molecule has 0 N–H and O–H groups in total. The maximum Gasteiger partial charge on any atom is 0.416 e. The molecule has 3 nitrogen and oxygen atoms in total. The summed E-state index contributed by atoms with van der Waals surface area (Å²) in [6.07, 6.45) is -2.01. The SMILES string of the molecule is O=S1c2cc(-c3ccc(C(F)(F)F)cc3)ccc2OCCN1CC1CC1. The van der Waals surface area contributed by atoms with E-state index in [0.29, 0.717) is 35.3 Å². The molecule has 138 valence electrons. The summed E-state index contributed by atoms with van der Waals surface area (Å²) in [6.45, 7) is 1.87. The zero-order valence-corrected chi connectivity index (χ0v) is 14.8. The van der Waals surface area contributed by atoms with E-state index >= 15 is 0 Å². The Labute approximate surface area is 152 Å². The van der Waals surface area contributed by atoms with Gasteiger partial charge in [0, 0.05) is 13.1 Å². The monoisotopic (exact) mass is 381 g/mol. The van der Waals surface area contributed by atoms with Gasteiger partial charge >= 0.3 is 6.18 Å². The van der Waals surface area contributed by atoms with Crippen LogP contribution in [0.5, 0.6) is 5.75 Å². The van der Waals surface area contributed by atoms with Crippen molar-refractivity contribution in [3.63, 3.8) is 0 Å². The number of ether oxygens (including phenoxy) is 1. The molecule has 2 aliphatic rings. The van der Waals surface area contributed by atoms with Crippen LogP contribution in [0.4, 0.5) is 13.2 Å². The smallest absolute Gasteiger partial charge is 0.416 e. The summed E-state index contributed by atoms with van der Waals surface area (Å²) in [5.74, 6) is 1.19. The van der Waals surface area contributed by atoms with E-state index in [4.69, 9.17) is 4.74 Å². The summed E-state index contributed by atoms with van der Waals surface area (Å²) in [4.78, 5) is 0.584. The summed E-state index contributed by atoms with van der Waals surface area (Å²) in [6, 6.07) is 10.3. The predicted molar refractivity (Wildman–Crippen MR) is 93.1 cm³/mol. The molecule has 1 aliphatic carbocycles. The molecule has 0 spiro atoms. The Kier molecular flexibility index (Phi) is 4.52. The van der Waals surface area contributed by atoms with Crippen LogP contribution in [0.25, 0.3) is 11.1 Å². The summed E-state index contributed by atoms with van der Waals surface area (Å²) >= 11 is 0. The van der Waals surface area contributed by atoms with E-state index in [1.807, 2.05) is 4.31 Å². The maximum atomic E-state index is 13.0.